The molecule has 0 aromatic heterocycles. The van der Waals surface area contributed by atoms with Gasteiger partial charge in [-0.2, -0.15) is 0 Å². The molecule has 0 bridgehead atoms. The Hall–Kier alpha value is -7.16. The lowest BCUT2D eigenvalue weighted by Crippen LogP contribution is -2.29. The van der Waals surface area contributed by atoms with Crippen molar-refractivity contribution in [2.24, 2.45) is 0 Å². The maximum Gasteiger partial charge on any atom is 0.0715 e. The molecule has 57 heavy (non-hydrogen) atoms. The van der Waals surface area contributed by atoms with Gasteiger partial charge in [0, 0.05) is 33.8 Å². The molecule has 0 aliphatic heterocycles. The first-order chi connectivity index (χ1) is 28.1. The predicted octanol–water partition coefficient (Wildman–Crippen LogP) is 14.8. The number of fused-ring (bicyclic) bond motifs is 5. The molecule has 0 saturated heterocycles. The lowest BCUT2D eigenvalue weighted by molar-refractivity contribution is 0.769. The molecule has 1 aliphatic rings. The highest BCUT2D eigenvalue weighted by atomic mass is 15.1. The van der Waals surface area contributed by atoms with E-state index < -0.39 is 5.41 Å². The van der Waals surface area contributed by atoms with E-state index in [1.807, 2.05) is 0 Å². The molecule has 9 aromatic carbocycles. The van der Waals surface area contributed by atoms with E-state index >= 15 is 0 Å². The molecule has 1 aliphatic carbocycles. The molecule has 2 heteroatoms. The van der Waals surface area contributed by atoms with Crippen LogP contribution in [0, 0.1) is 13.8 Å². The first-order valence-electron chi connectivity index (χ1n) is 19.8. The van der Waals surface area contributed by atoms with Gasteiger partial charge in [-0.3, -0.25) is 0 Å². The highest BCUT2D eigenvalue weighted by Crippen LogP contribution is 2.60. The molecular weight excluding hydrogens is 689 g/mol. The normalized spacial score (nSPS) is 12.5. The molecule has 0 N–H and O–H groups in total. The van der Waals surface area contributed by atoms with E-state index in [1.165, 1.54) is 55.3 Å². The Kier molecular flexibility index (Phi) is 8.53. The van der Waals surface area contributed by atoms with Gasteiger partial charge in [0.2, 0.25) is 0 Å². The number of para-hydroxylation sites is 2. The molecule has 0 amide bonds. The van der Waals surface area contributed by atoms with E-state index in [0.717, 1.165) is 34.1 Å². The quantitative estimate of drug-likeness (QED) is 0.154. The number of hydrogen-bond donors (Lipinski definition) is 0. The van der Waals surface area contributed by atoms with Crippen molar-refractivity contribution in [2.75, 3.05) is 9.80 Å². The summed E-state index contributed by atoms with van der Waals surface area (Å²) in [6, 6.07) is 80.2. The molecule has 2 nitrogen and oxygen atoms in total. The van der Waals surface area contributed by atoms with Crippen LogP contribution < -0.4 is 9.80 Å². The van der Waals surface area contributed by atoms with Gasteiger partial charge in [-0.1, -0.05) is 163 Å². The van der Waals surface area contributed by atoms with Crippen molar-refractivity contribution in [2.45, 2.75) is 19.3 Å². The Labute approximate surface area is 335 Å². The summed E-state index contributed by atoms with van der Waals surface area (Å²) in [7, 11) is 0. The SMILES string of the molecule is Cc1ccc(N(c2ccc(C)cc2)c2ccc3c(c2)C(c2ccccc2)(c2ccccc2)c2cc(N(c4ccccc4)c4ccccc4)c4ccccc4c2-3)cc1. The third kappa shape index (κ3) is 5.72. The summed E-state index contributed by atoms with van der Waals surface area (Å²) in [4.78, 5) is 4.83. The van der Waals surface area contributed by atoms with Crippen LogP contribution in [0.25, 0.3) is 21.9 Å². The second-order valence-electron chi connectivity index (χ2n) is 15.1. The summed E-state index contributed by atoms with van der Waals surface area (Å²) >= 11 is 0. The molecule has 9 aromatic rings. The van der Waals surface area contributed by atoms with Crippen LogP contribution in [-0.2, 0) is 5.41 Å². The first kappa shape index (κ1) is 34.3. The lowest BCUT2D eigenvalue weighted by Gasteiger charge is -2.36. The molecule has 0 radical (unpaired) electrons. The van der Waals surface area contributed by atoms with Crippen LogP contribution in [0.2, 0.25) is 0 Å². The molecule has 10 rings (SSSR count). The summed E-state index contributed by atoms with van der Waals surface area (Å²) < 4.78 is 0. The molecule has 272 valence electrons. The molecular formula is C55H42N2. The van der Waals surface area contributed by atoms with Crippen molar-refractivity contribution >= 4 is 44.9 Å². The molecule has 0 spiro atoms. The molecule has 0 atom stereocenters. The van der Waals surface area contributed by atoms with E-state index in [2.05, 4.69) is 242 Å². The van der Waals surface area contributed by atoms with Crippen LogP contribution in [0.15, 0.2) is 218 Å². The largest absolute Gasteiger partial charge is 0.310 e. The average Bonchev–Trinajstić information content (AvgIpc) is 3.57. The van der Waals surface area contributed by atoms with Crippen LogP contribution in [0.3, 0.4) is 0 Å². The van der Waals surface area contributed by atoms with E-state index in [4.69, 9.17) is 0 Å². The Balaban J connectivity index is 1.33. The number of nitrogens with zero attached hydrogens (tertiary/aromatic N) is 2. The fourth-order valence-electron chi connectivity index (χ4n) is 9.05. The minimum absolute atomic E-state index is 0.632. The van der Waals surface area contributed by atoms with Crippen LogP contribution in [0.4, 0.5) is 34.1 Å². The first-order valence-corrected chi connectivity index (χ1v) is 19.8. The fourth-order valence-corrected chi connectivity index (χ4v) is 9.05. The van der Waals surface area contributed by atoms with Crippen molar-refractivity contribution in [3.63, 3.8) is 0 Å². The van der Waals surface area contributed by atoms with Gasteiger partial charge in [0.15, 0.2) is 0 Å². The molecule has 0 unspecified atom stereocenters. The van der Waals surface area contributed by atoms with Crippen LogP contribution in [-0.4, -0.2) is 0 Å². The van der Waals surface area contributed by atoms with Gasteiger partial charge in [0.25, 0.3) is 0 Å². The number of benzene rings is 9. The van der Waals surface area contributed by atoms with Gasteiger partial charge < -0.3 is 9.80 Å². The molecule has 0 fully saturated rings. The molecule has 0 heterocycles. The van der Waals surface area contributed by atoms with Crippen LogP contribution in [0.1, 0.15) is 33.4 Å². The summed E-state index contributed by atoms with van der Waals surface area (Å²) in [5.74, 6) is 0. The minimum atomic E-state index is -0.632. The van der Waals surface area contributed by atoms with E-state index in [1.54, 1.807) is 0 Å². The van der Waals surface area contributed by atoms with E-state index in [-0.39, 0.29) is 0 Å². The van der Waals surface area contributed by atoms with Gasteiger partial charge in [0.05, 0.1) is 11.1 Å². The predicted molar refractivity (Wildman–Crippen MR) is 240 cm³/mol. The fraction of sp³-hybridized carbons (Fsp3) is 0.0545. The number of rotatable bonds is 8. The highest BCUT2D eigenvalue weighted by Gasteiger charge is 2.47. The van der Waals surface area contributed by atoms with Crippen molar-refractivity contribution in [3.05, 3.63) is 252 Å². The van der Waals surface area contributed by atoms with Crippen molar-refractivity contribution in [1.82, 2.24) is 0 Å². The second kappa shape index (κ2) is 14.2. The van der Waals surface area contributed by atoms with E-state index in [9.17, 15) is 0 Å². The standard InChI is InChI=1S/C55H42N2/c1-39-27-31-45(32-28-39)56(46-33-29-40(2)30-34-46)47-35-36-50-51(37-47)55(41-17-7-3-8-18-41,42-19-9-4-10-20-42)52-38-53(48-25-15-16-26-49(48)54(50)52)57(43-21-11-5-12-22-43)44-23-13-6-14-24-44/h3-38H,1-2H3. The van der Waals surface area contributed by atoms with E-state index in [0.29, 0.717) is 0 Å². The second-order valence-corrected chi connectivity index (χ2v) is 15.1. The van der Waals surface area contributed by atoms with Gasteiger partial charge in [-0.15, -0.1) is 0 Å². The number of aryl methyl sites for hydroxylation is 2. The van der Waals surface area contributed by atoms with Gasteiger partial charge in [-0.05, 0) is 119 Å². The Bertz CT molecular complexity index is 2710. The maximum absolute atomic E-state index is 2.50. The third-order valence-corrected chi connectivity index (χ3v) is 11.6. The van der Waals surface area contributed by atoms with Crippen LogP contribution in [0.5, 0.6) is 0 Å². The van der Waals surface area contributed by atoms with Crippen molar-refractivity contribution in [1.29, 1.82) is 0 Å². The summed E-state index contributed by atoms with van der Waals surface area (Å²) in [5.41, 5.74) is 16.1. The Morgan fingerprint density at radius 3 is 1.26 bits per heavy atom. The Morgan fingerprint density at radius 1 is 0.333 bits per heavy atom. The van der Waals surface area contributed by atoms with Gasteiger partial charge >= 0.3 is 0 Å². The smallest absolute Gasteiger partial charge is 0.0715 e. The zero-order valence-corrected chi connectivity index (χ0v) is 32.2. The average molecular weight is 731 g/mol. The summed E-state index contributed by atoms with van der Waals surface area (Å²) in [6.45, 7) is 4.30. The van der Waals surface area contributed by atoms with Gasteiger partial charge in [-0.25, -0.2) is 0 Å². The maximum atomic E-state index is 2.50. The zero-order chi connectivity index (χ0) is 38.3. The summed E-state index contributed by atoms with van der Waals surface area (Å²) in [5, 5.41) is 2.44. The van der Waals surface area contributed by atoms with Crippen molar-refractivity contribution in [3.8, 4) is 11.1 Å². The van der Waals surface area contributed by atoms with Crippen LogP contribution >= 0.6 is 0 Å². The number of hydrogen-bond acceptors (Lipinski definition) is 2. The monoisotopic (exact) mass is 730 g/mol. The van der Waals surface area contributed by atoms with Crippen molar-refractivity contribution < 1.29 is 0 Å². The topological polar surface area (TPSA) is 6.48 Å². The number of anilines is 6. The Morgan fingerprint density at radius 2 is 0.754 bits per heavy atom. The zero-order valence-electron chi connectivity index (χ0n) is 32.2. The lowest BCUT2D eigenvalue weighted by atomic mass is 9.67. The molecule has 0 saturated carbocycles. The van der Waals surface area contributed by atoms with Gasteiger partial charge in [0.1, 0.15) is 0 Å². The third-order valence-electron chi connectivity index (χ3n) is 11.6. The minimum Gasteiger partial charge on any atom is -0.310 e. The highest BCUT2D eigenvalue weighted by molar-refractivity contribution is 6.11. The summed E-state index contributed by atoms with van der Waals surface area (Å²) in [6.07, 6.45) is 0.